The van der Waals surface area contributed by atoms with E-state index in [0.29, 0.717) is 0 Å². The van der Waals surface area contributed by atoms with Crippen molar-refractivity contribution in [3.63, 3.8) is 0 Å². The molecule has 0 unspecified atom stereocenters. The van der Waals surface area contributed by atoms with Crippen LogP contribution in [-0.2, 0) is 19.1 Å². The van der Waals surface area contributed by atoms with Gasteiger partial charge in [-0.05, 0) is 24.1 Å². The zero-order valence-corrected chi connectivity index (χ0v) is 15.3. The van der Waals surface area contributed by atoms with Crippen LogP contribution in [0.1, 0.15) is 24.9 Å². The van der Waals surface area contributed by atoms with Gasteiger partial charge in [0.05, 0.1) is 26.1 Å². The third-order valence-corrected chi connectivity index (χ3v) is 5.57. The van der Waals surface area contributed by atoms with Gasteiger partial charge in [-0.15, -0.1) is 0 Å². The Hall–Kier alpha value is -2.55. The number of hydrogen-bond acceptors (Lipinski definition) is 6. The molecule has 1 aromatic rings. The maximum Gasteiger partial charge on any atom is 0.326 e. The van der Waals surface area contributed by atoms with Crippen molar-refractivity contribution >= 4 is 17.8 Å². The fraction of sp³-hybridized carbons (Fsp3) is 0.500. The number of carbonyl (C=O) groups is 3. The number of ether oxygens (including phenoxy) is 2. The van der Waals surface area contributed by atoms with Crippen molar-refractivity contribution < 1.29 is 32.6 Å². The second-order valence-electron chi connectivity index (χ2n) is 6.70. The Morgan fingerprint density at radius 1 is 1.22 bits per heavy atom. The van der Waals surface area contributed by atoms with Gasteiger partial charge in [-0.25, -0.2) is 8.78 Å². The van der Waals surface area contributed by atoms with E-state index in [1.807, 2.05) is 0 Å². The number of methoxy groups -OCH3 is 2. The topological polar surface area (TPSA) is 84.9 Å². The van der Waals surface area contributed by atoms with Gasteiger partial charge in [-0.1, -0.05) is 6.92 Å². The molecule has 3 rings (SSSR count). The van der Waals surface area contributed by atoms with Gasteiger partial charge in [0.1, 0.15) is 5.54 Å². The summed E-state index contributed by atoms with van der Waals surface area (Å²) in [5.41, 5.74) is -1.36. The molecule has 27 heavy (non-hydrogen) atoms. The number of fused-ring (bicyclic) bond motifs is 1. The first-order chi connectivity index (χ1) is 12.7. The van der Waals surface area contributed by atoms with E-state index in [4.69, 9.17) is 4.74 Å². The van der Waals surface area contributed by atoms with E-state index in [1.54, 1.807) is 6.92 Å². The fourth-order valence-electron chi connectivity index (χ4n) is 4.23. The lowest BCUT2D eigenvalue weighted by Gasteiger charge is -2.30. The van der Waals surface area contributed by atoms with E-state index in [-0.39, 0.29) is 12.0 Å². The molecule has 0 aliphatic carbocycles. The Kier molecular flexibility index (Phi) is 4.67. The highest BCUT2D eigenvalue weighted by Gasteiger charge is 2.67. The summed E-state index contributed by atoms with van der Waals surface area (Å²) >= 11 is 0. The van der Waals surface area contributed by atoms with E-state index in [9.17, 15) is 23.2 Å². The predicted octanol–water partition coefficient (Wildman–Crippen LogP) is 1.17. The summed E-state index contributed by atoms with van der Waals surface area (Å²) in [6.07, 6.45) is 0.158. The van der Waals surface area contributed by atoms with Gasteiger partial charge >= 0.3 is 5.97 Å². The number of rotatable bonds is 4. The summed E-state index contributed by atoms with van der Waals surface area (Å²) in [7, 11) is 3.65. The van der Waals surface area contributed by atoms with E-state index < -0.39 is 58.6 Å². The number of hydrogen-bond donors (Lipinski definition) is 1. The number of nitrogens with zero attached hydrogens (tertiary/aromatic N) is 1. The Labute approximate surface area is 154 Å². The molecule has 9 heteroatoms. The van der Waals surface area contributed by atoms with Gasteiger partial charge in [0.15, 0.2) is 17.4 Å². The highest BCUT2D eigenvalue weighted by atomic mass is 19.1. The average molecular weight is 382 g/mol. The molecule has 2 heterocycles. The minimum Gasteiger partial charge on any atom is -0.491 e. The number of benzene rings is 1. The Morgan fingerprint density at radius 3 is 2.30 bits per heavy atom. The molecule has 146 valence electrons. The molecule has 1 aromatic carbocycles. The van der Waals surface area contributed by atoms with Gasteiger partial charge in [0, 0.05) is 13.1 Å². The van der Waals surface area contributed by atoms with Gasteiger partial charge in [0.25, 0.3) is 0 Å². The van der Waals surface area contributed by atoms with Crippen LogP contribution in [0, 0.1) is 23.5 Å². The van der Waals surface area contributed by atoms with Crippen molar-refractivity contribution in [1.29, 1.82) is 0 Å². The third-order valence-electron chi connectivity index (χ3n) is 5.57. The maximum atomic E-state index is 14.2. The SMILES string of the molecule is CC[C@]1(C(=O)OC)N[C@@H](c2cc(F)c(OC)c(F)c2)[C@H]2C(=O)N(C)C(=O)[C@H]21. The molecule has 4 atom stereocenters. The summed E-state index contributed by atoms with van der Waals surface area (Å²) in [5, 5.41) is 2.98. The number of amides is 2. The molecule has 0 spiro atoms. The van der Waals surface area contributed by atoms with Crippen LogP contribution in [0.4, 0.5) is 8.78 Å². The van der Waals surface area contributed by atoms with Crippen molar-refractivity contribution in [3.8, 4) is 5.75 Å². The van der Waals surface area contributed by atoms with E-state index in [2.05, 4.69) is 10.1 Å². The van der Waals surface area contributed by atoms with Crippen molar-refractivity contribution in [2.75, 3.05) is 21.3 Å². The van der Waals surface area contributed by atoms with Crippen molar-refractivity contribution in [2.45, 2.75) is 24.9 Å². The predicted molar refractivity (Wildman–Crippen MR) is 88.6 cm³/mol. The zero-order chi connectivity index (χ0) is 20.1. The van der Waals surface area contributed by atoms with Crippen LogP contribution in [0.15, 0.2) is 12.1 Å². The fourth-order valence-corrected chi connectivity index (χ4v) is 4.23. The minimum absolute atomic E-state index is 0.108. The summed E-state index contributed by atoms with van der Waals surface area (Å²) < 4.78 is 38.0. The van der Waals surface area contributed by atoms with E-state index >= 15 is 0 Å². The standard InChI is InChI=1S/C18H20F2N2O5/c1-5-18(17(25)27-4)12-11(15(23)22(2)16(12)24)13(21-18)8-6-9(19)14(26-3)10(20)7-8/h6-7,11-13,21H,5H2,1-4H3/t11-,12-,13-,18-/m0/s1. The molecule has 0 aromatic heterocycles. The molecular weight excluding hydrogens is 362 g/mol. The quantitative estimate of drug-likeness (QED) is 0.622. The van der Waals surface area contributed by atoms with Crippen LogP contribution >= 0.6 is 0 Å². The lowest BCUT2D eigenvalue weighted by molar-refractivity contribution is -0.154. The van der Waals surface area contributed by atoms with Crippen LogP contribution < -0.4 is 10.1 Å². The van der Waals surface area contributed by atoms with Gasteiger partial charge in [-0.2, -0.15) is 0 Å². The highest BCUT2D eigenvalue weighted by molar-refractivity contribution is 6.09. The molecule has 2 aliphatic heterocycles. The molecule has 2 amide bonds. The van der Waals surface area contributed by atoms with Crippen LogP contribution in [-0.4, -0.2) is 49.5 Å². The van der Waals surface area contributed by atoms with E-state index in [1.165, 1.54) is 14.2 Å². The summed E-state index contributed by atoms with van der Waals surface area (Å²) in [6, 6.07) is 1.14. The monoisotopic (exact) mass is 382 g/mol. The smallest absolute Gasteiger partial charge is 0.326 e. The molecular formula is C18H20F2N2O5. The van der Waals surface area contributed by atoms with Gasteiger partial charge < -0.3 is 9.47 Å². The first-order valence-corrected chi connectivity index (χ1v) is 8.43. The van der Waals surface area contributed by atoms with Crippen molar-refractivity contribution in [3.05, 3.63) is 29.3 Å². The van der Waals surface area contributed by atoms with Crippen molar-refractivity contribution in [2.24, 2.45) is 11.8 Å². The second kappa shape index (κ2) is 6.56. The molecule has 0 saturated carbocycles. The van der Waals surface area contributed by atoms with Gasteiger partial charge in [-0.3, -0.25) is 24.6 Å². The first kappa shape index (κ1) is 19.2. The normalized spacial score (nSPS) is 29.9. The number of nitrogens with one attached hydrogen (secondary N) is 1. The Balaban J connectivity index is 2.16. The second-order valence-corrected chi connectivity index (χ2v) is 6.70. The van der Waals surface area contributed by atoms with Crippen LogP contribution in [0.2, 0.25) is 0 Å². The number of halogens is 2. The molecule has 2 saturated heterocycles. The number of likely N-dealkylation sites (tertiary alicyclic amines) is 1. The van der Waals surface area contributed by atoms with Crippen LogP contribution in [0.3, 0.4) is 0 Å². The van der Waals surface area contributed by atoms with Crippen LogP contribution in [0.5, 0.6) is 5.75 Å². The average Bonchev–Trinajstić information content (AvgIpc) is 3.11. The highest BCUT2D eigenvalue weighted by Crippen LogP contribution is 2.50. The lowest BCUT2D eigenvalue weighted by Crippen LogP contribution is -2.55. The molecule has 7 nitrogen and oxygen atoms in total. The molecule has 0 radical (unpaired) electrons. The molecule has 0 bridgehead atoms. The summed E-state index contributed by atoms with van der Waals surface area (Å²) in [5.74, 6) is -6.17. The minimum atomic E-state index is -1.46. The first-order valence-electron chi connectivity index (χ1n) is 8.43. The van der Waals surface area contributed by atoms with Crippen LogP contribution in [0.25, 0.3) is 0 Å². The number of esters is 1. The maximum absolute atomic E-state index is 14.2. The van der Waals surface area contributed by atoms with E-state index in [0.717, 1.165) is 24.1 Å². The van der Waals surface area contributed by atoms with Crippen molar-refractivity contribution in [1.82, 2.24) is 10.2 Å². The summed E-state index contributed by atoms with van der Waals surface area (Å²) in [6.45, 7) is 1.68. The molecule has 2 aliphatic rings. The Bertz CT molecular complexity index is 807. The largest absolute Gasteiger partial charge is 0.491 e. The molecule has 2 fully saturated rings. The third kappa shape index (κ3) is 2.52. The van der Waals surface area contributed by atoms with Gasteiger partial charge in [0.2, 0.25) is 11.8 Å². The lowest BCUT2D eigenvalue weighted by atomic mass is 9.78. The number of imide groups is 1. The Morgan fingerprint density at radius 2 is 1.81 bits per heavy atom. The number of carbonyl (C=O) groups excluding carboxylic acids is 3. The zero-order valence-electron chi connectivity index (χ0n) is 15.3. The summed E-state index contributed by atoms with van der Waals surface area (Å²) in [4.78, 5) is 38.9. The molecule has 1 N–H and O–H groups in total.